The summed E-state index contributed by atoms with van der Waals surface area (Å²) in [6.45, 7) is 2.49. The molecule has 0 spiro atoms. The number of nitrogens with zero attached hydrogens (tertiary/aromatic N) is 2. The first kappa shape index (κ1) is 14.0. The largest absolute Gasteiger partial charge is 0.346 e. The molecule has 0 fully saturated rings. The molecule has 0 unspecified atom stereocenters. The van der Waals surface area contributed by atoms with Crippen LogP contribution >= 0.6 is 22.9 Å². The summed E-state index contributed by atoms with van der Waals surface area (Å²) < 4.78 is 0. The molecule has 0 radical (unpaired) electrons. The SMILES string of the molecule is CCCc1cc(C(=O)NCc2nccs2)cc(Cl)n1. The molecule has 2 rings (SSSR count). The predicted octanol–water partition coefficient (Wildman–Crippen LogP) is 3.07. The topological polar surface area (TPSA) is 54.9 Å². The lowest BCUT2D eigenvalue weighted by atomic mass is 10.1. The molecule has 0 aliphatic carbocycles. The zero-order valence-corrected chi connectivity index (χ0v) is 12.1. The molecule has 6 heteroatoms. The van der Waals surface area contributed by atoms with Gasteiger partial charge in [-0.15, -0.1) is 11.3 Å². The number of carbonyl (C=O) groups is 1. The van der Waals surface area contributed by atoms with Crippen molar-refractivity contribution >= 4 is 28.8 Å². The molecule has 0 aromatic carbocycles. The molecule has 0 aliphatic rings. The Kier molecular flexibility index (Phi) is 4.87. The van der Waals surface area contributed by atoms with Crippen LogP contribution in [0.4, 0.5) is 0 Å². The Hall–Kier alpha value is -1.46. The van der Waals surface area contributed by atoms with Crippen molar-refractivity contribution in [3.63, 3.8) is 0 Å². The molecule has 2 aromatic rings. The summed E-state index contributed by atoms with van der Waals surface area (Å²) in [6, 6.07) is 3.37. The first-order chi connectivity index (χ1) is 9.19. The fraction of sp³-hybridized carbons (Fsp3) is 0.308. The van der Waals surface area contributed by atoms with E-state index < -0.39 is 0 Å². The number of amides is 1. The number of halogens is 1. The van der Waals surface area contributed by atoms with Gasteiger partial charge in [-0.2, -0.15) is 0 Å². The molecule has 0 saturated heterocycles. The van der Waals surface area contributed by atoms with Crippen LogP contribution < -0.4 is 5.32 Å². The van der Waals surface area contributed by atoms with E-state index in [1.165, 1.54) is 11.3 Å². The van der Waals surface area contributed by atoms with Gasteiger partial charge in [0.2, 0.25) is 0 Å². The van der Waals surface area contributed by atoms with E-state index in [2.05, 4.69) is 22.2 Å². The zero-order chi connectivity index (χ0) is 13.7. The molecule has 19 heavy (non-hydrogen) atoms. The third kappa shape index (κ3) is 4.01. The van der Waals surface area contributed by atoms with Gasteiger partial charge < -0.3 is 5.32 Å². The number of hydrogen-bond acceptors (Lipinski definition) is 4. The molecule has 0 bridgehead atoms. The molecule has 2 heterocycles. The Morgan fingerprint density at radius 1 is 1.47 bits per heavy atom. The highest BCUT2D eigenvalue weighted by molar-refractivity contribution is 7.09. The Morgan fingerprint density at radius 3 is 3.00 bits per heavy atom. The number of aryl methyl sites for hydroxylation is 1. The van der Waals surface area contributed by atoms with Crippen LogP contribution in [-0.4, -0.2) is 15.9 Å². The second kappa shape index (κ2) is 6.63. The number of aromatic nitrogens is 2. The summed E-state index contributed by atoms with van der Waals surface area (Å²) in [5, 5.41) is 5.93. The van der Waals surface area contributed by atoms with E-state index in [1.807, 2.05) is 5.38 Å². The summed E-state index contributed by atoms with van der Waals surface area (Å²) in [7, 11) is 0. The maximum absolute atomic E-state index is 12.0. The third-order valence-electron chi connectivity index (χ3n) is 2.50. The number of rotatable bonds is 5. The van der Waals surface area contributed by atoms with Crippen molar-refractivity contribution in [2.45, 2.75) is 26.3 Å². The van der Waals surface area contributed by atoms with Gasteiger partial charge in [-0.3, -0.25) is 4.79 Å². The highest BCUT2D eigenvalue weighted by Gasteiger charge is 2.09. The number of hydrogen-bond donors (Lipinski definition) is 1. The minimum atomic E-state index is -0.156. The van der Waals surface area contributed by atoms with Gasteiger partial charge in [0.1, 0.15) is 10.2 Å². The van der Waals surface area contributed by atoms with E-state index in [-0.39, 0.29) is 5.91 Å². The first-order valence-corrected chi connectivity index (χ1v) is 7.28. The molecule has 100 valence electrons. The van der Waals surface area contributed by atoms with E-state index >= 15 is 0 Å². The summed E-state index contributed by atoms with van der Waals surface area (Å²) in [5.74, 6) is -0.156. The Balaban J connectivity index is 2.05. The van der Waals surface area contributed by atoms with E-state index in [1.54, 1.807) is 18.3 Å². The van der Waals surface area contributed by atoms with Crippen LogP contribution in [0, 0.1) is 0 Å². The Morgan fingerprint density at radius 2 is 2.32 bits per heavy atom. The quantitative estimate of drug-likeness (QED) is 0.863. The smallest absolute Gasteiger partial charge is 0.251 e. The normalized spacial score (nSPS) is 10.4. The monoisotopic (exact) mass is 295 g/mol. The summed E-state index contributed by atoms with van der Waals surface area (Å²) >= 11 is 7.44. The van der Waals surface area contributed by atoms with Crippen molar-refractivity contribution in [3.05, 3.63) is 45.1 Å². The van der Waals surface area contributed by atoms with Crippen molar-refractivity contribution in [2.75, 3.05) is 0 Å². The van der Waals surface area contributed by atoms with Crippen LogP contribution in [0.15, 0.2) is 23.7 Å². The van der Waals surface area contributed by atoms with E-state index in [0.29, 0.717) is 17.3 Å². The van der Waals surface area contributed by atoms with Crippen molar-refractivity contribution in [2.24, 2.45) is 0 Å². The number of pyridine rings is 1. The van der Waals surface area contributed by atoms with Gasteiger partial charge >= 0.3 is 0 Å². The van der Waals surface area contributed by atoms with Crippen LogP contribution in [0.1, 0.15) is 34.4 Å². The lowest BCUT2D eigenvalue weighted by Gasteiger charge is -2.06. The van der Waals surface area contributed by atoms with Crippen molar-refractivity contribution in [1.82, 2.24) is 15.3 Å². The van der Waals surface area contributed by atoms with Crippen LogP contribution in [0.2, 0.25) is 5.15 Å². The molecular weight excluding hydrogens is 282 g/mol. The van der Waals surface area contributed by atoms with E-state index in [4.69, 9.17) is 11.6 Å². The molecule has 0 saturated carbocycles. The minimum absolute atomic E-state index is 0.156. The van der Waals surface area contributed by atoms with Crippen LogP contribution in [0.3, 0.4) is 0 Å². The van der Waals surface area contributed by atoms with Gasteiger partial charge in [0.25, 0.3) is 5.91 Å². The summed E-state index contributed by atoms with van der Waals surface area (Å²) in [4.78, 5) is 20.3. The van der Waals surface area contributed by atoms with Gasteiger partial charge in [-0.1, -0.05) is 24.9 Å². The zero-order valence-electron chi connectivity index (χ0n) is 10.5. The van der Waals surface area contributed by atoms with Gasteiger partial charge in [-0.25, -0.2) is 9.97 Å². The standard InChI is InChI=1S/C13H14ClN3OS/c1-2-3-10-6-9(7-11(14)17-10)13(18)16-8-12-15-4-5-19-12/h4-7H,2-3,8H2,1H3,(H,16,18). The maximum Gasteiger partial charge on any atom is 0.251 e. The van der Waals surface area contributed by atoms with Crippen molar-refractivity contribution in [3.8, 4) is 0 Å². The summed E-state index contributed by atoms with van der Waals surface area (Å²) in [5.41, 5.74) is 1.38. The second-order valence-electron chi connectivity index (χ2n) is 4.03. The molecular formula is C13H14ClN3OS. The van der Waals surface area contributed by atoms with Crippen LogP contribution in [-0.2, 0) is 13.0 Å². The van der Waals surface area contributed by atoms with Crippen molar-refractivity contribution < 1.29 is 4.79 Å². The molecule has 1 amide bonds. The number of carbonyl (C=O) groups excluding carboxylic acids is 1. The molecule has 4 nitrogen and oxygen atoms in total. The second-order valence-corrected chi connectivity index (χ2v) is 5.39. The van der Waals surface area contributed by atoms with Crippen molar-refractivity contribution in [1.29, 1.82) is 0 Å². The molecule has 2 aromatic heterocycles. The van der Waals surface area contributed by atoms with Gasteiger partial charge in [0, 0.05) is 22.8 Å². The van der Waals surface area contributed by atoms with Crippen LogP contribution in [0.5, 0.6) is 0 Å². The van der Waals surface area contributed by atoms with Gasteiger partial charge in [0.05, 0.1) is 6.54 Å². The lowest BCUT2D eigenvalue weighted by molar-refractivity contribution is 0.0950. The van der Waals surface area contributed by atoms with E-state index in [0.717, 1.165) is 23.5 Å². The fourth-order valence-corrected chi connectivity index (χ4v) is 2.45. The third-order valence-corrected chi connectivity index (χ3v) is 3.47. The average molecular weight is 296 g/mol. The predicted molar refractivity (Wildman–Crippen MR) is 76.5 cm³/mol. The van der Waals surface area contributed by atoms with Gasteiger partial charge in [0.15, 0.2) is 0 Å². The highest BCUT2D eigenvalue weighted by Crippen LogP contribution is 2.13. The molecule has 0 aliphatic heterocycles. The maximum atomic E-state index is 12.0. The lowest BCUT2D eigenvalue weighted by Crippen LogP contribution is -2.23. The Bertz CT molecular complexity index is 557. The highest BCUT2D eigenvalue weighted by atomic mass is 35.5. The van der Waals surface area contributed by atoms with Gasteiger partial charge in [-0.05, 0) is 18.6 Å². The molecule has 0 atom stereocenters. The number of thiazole rings is 1. The fourth-order valence-electron chi connectivity index (χ4n) is 1.66. The van der Waals surface area contributed by atoms with E-state index in [9.17, 15) is 4.79 Å². The minimum Gasteiger partial charge on any atom is -0.346 e. The Labute approximate surface area is 120 Å². The number of nitrogens with one attached hydrogen (secondary N) is 1. The van der Waals surface area contributed by atoms with Crippen LogP contribution in [0.25, 0.3) is 0 Å². The summed E-state index contributed by atoms with van der Waals surface area (Å²) in [6.07, 6.45) is 3.50. The first-order valence-electron chi connectivity index (χ1n) is 6.02. The molecule has 1 N–H and O–H groups in total. The average Bonchev–Trinajstić information content (AvgIpc) is 2.88.